The van der Waals surface area contributed by atoms with E-state index in [-0.39, 0.29) is 5.82 Å². The predicted molar refractivity (Wildman–Crippen MR) is 79.6 cm³/mol. The minimum atomic E-state index is -0.289. The van der Waals surface area contributed by atoms with Crippen molar-refractivity contribution in [3.63, 3.8) is 0 Å². The van der Waals surface area contributed by atoms with Gasteiger partial charge in [0.25, 0.3) is 0 Å². The molecule has 0 aliphatic heterocycles. The summed E-state index contributed by atoms with van der Waals surface area (Å²) in [6.07, 6.45) is 0. The van der Waals surface area contributed by atoms with E-state index < -0.39 is 0 Å². The van der Waals surface area contributed by atoms with Gasteiger partial charge in [0.15, 0.2) is 0 Å². The van der Waals surface area contributed by atoms with E-state index in [1.54, 1.807) is 12.1 Å². The van der Waals surface area contributed by atoms with Crippen molar-refractivity contribution in [2.24, 2.45) is 5.73 Å². The third-order valence-corrected chi connectivity index (χ3v) is 2.91. The van der Waals surface area contributed by atoms with Gasteiger partial charge < -0.3 is 15.8 Å². The maximum Gasteiger partial charge on any atom is 0.226 e. The van der Waals surface area contributed by atoms with Crippen molar-refractivity contribution < 1.29 is 9.13 Å². The highest BCUT2D eigenvalue weighted by molar-refractivity contribution is 5.33. The molecule has 1 aromatic carbocycles. The Morgan fingerprint density at radius 3 is 2.76 bits per heavy atom. The van der Waals surface area contributed by atoms with Crippen LogP contribution in [0.5, 0.6) is 5.88 Å². The average molecular weight is 290 g/mol. The highest BCUT2D eigenvalue weighted by Crippen LogP contribution is 2.15. The normalized spacial score (nSPS) is 10.5. The zero-order valence-corrected chi connectivity index (χ0v) is 12.2. The zero-order chi connectivity index (χ0) is 15.2. The summed E-state index contributed by atoms with van der Waals surface area (Å²) in [5.41, 5.74) is 7.57. The number of anilines is 1. The first-order valence-corrected chi connectivity index (χ1v) is 6.82. The fraction of sp³-hybridized carbons (Fsp3) is 0.333. The standard InChI is InChI=1S/C15H19FN4O/c1-3-21-14-6-10(2)19-15(20-14)18-9-12-5-4-11(8-17)7-13(12)16/h4-7H,3,8-9,17H2,1-2H3,(H,18,19,20). The summed E-state index contributed by atoms with van der Waals surface area (Å²) in [7, 11) is 0. The Hall–Kier alpha value is -2.21. The van der Waals surface area contributed by atoms with Crippen LogP contribution in [0.15, 0.2) is 24.3 Å². The molecule has 0 fully saturated rings. The van der Waals surface area contributed by atoms with Gasteiger partial charge >= 0.3 is 0 Å². The van der Waals surface area contributed by atoms with Crippen molar-refractivity contribution in [2.45, 2.75) is 26.9 Å². The summed E-state index contributed by atoms with van der Waals surface area (Å²) < 4.78 is 19.2. The zero-order valence-electron chi connectivity index (χ0n) is 12.2. The van der Waals surface area contributed by atoms with Crippen LogP contribution in [0.1, 0.15) is 23.7 Å². The molecule has 0 aliphatic rings. The fourth-order valence-electron chi connectivity index (χ4n) is 1.88. The number of nitrogens with zero attached hydrogens (tertiary/aromatic N) is 2. The molecule has 2 rings (SSSR count). The number of nitrogens with one attached hydrogen (secondary N) is 1. The molecule has 0 bridgehead atoms. The Bertz CT molecular complexity index is 619. The van der Waals surface area contributed by atoms with E-state index in [0.29, 0.717) is 37.1 Å². The minimum absolute atomic E-state index is 0.289. The molecule has 0 aliphatic carbocycles. The molecule has 0 atom stereocenters. The molecular weight excluding hydrogens is 271 g/mol. The van der Waals surface area contributed by atoms with E-state index in [2.05, 4.69) is 15.3 Å². The largest absolute Gasteiger partial charge is 0.478 e. The number of nitrogens with two attached hydrogens (primary N) is 1. The lowest BCUT2D eigenvalue weighted by Crippen LogP contribution is -2.08. The fourth-order valence-corrected chi connectivity index (χ4v) is 1.88. The summed E-state index contributed by atoms with van der Waals surface area (Å²) in [5, 5.41) is 3.01. The molecule has 1 aromatic heterocycles. The van der Waals surface area contributed by atoms with Gasteiger partial charge in [0.1, 0.15) is 5.82 Å². The Morgan fingerprint density at radius 2 is 2.10 bits per heavy atom. The Kier molecular flexibility index (Phi) is 5.05. The Labute approximate surface area is 123 Å². The van der Waals surface area contributed by atoms with Gasteiger partial charge in [0, 0.05) is 30.4 Å². The molecule has 0 radical (unpaired) electrons. The van der Waals surface area contributed by atoms with E-state index in [0.717, 1.165) is 11.3 Å². The first-order chi connectivity index (χ1) is 10.1. The van der Waals surface area contributed by atoms with Crippen LogP contribution in [0.2, 0.25) is 0 Å². The number of benzene rings is 1. The number of ether oxygens (including phenoxy) is 1. The van der Waals surface area contributed by atoms with Crippen LogP contribution in [0.4, 0.5) is 10.3 Å². The van der Waals surface area contributed by atoms with Crippen molar-refractivity contribution in [3.8, 4) is 5.88 Å². The third kappa shape index (κ3) is 4.13. The topological polar surface area (TPSA) is 73.1 Å². The maximum atomic E-state index is 13.9. The second kappa shape index (κ2) is 6.99. The average Bonchev–Trinajstić information content (AvgIpc) is 2.45. The molecule has 0 spiro atoms. The van der Waals surface area contributed by atoms with Gasteiger partial charge in [-0.15, -0.1) is 0 Å². The molecule has 6 heteroatoms. The van der Waals surface area contributed by atoms with Gasteiger partial charge in [-0.2, -0.15) is 4.98 Å². The van der Waals surface area contributed by atoms with Crippen molar-refractivity contribution >= 4 is 5.95 Å². The minimum Gasteiger partial charge on any atom is -0.478 e. The number of halogens is 1. The van der Waals surface area contributed by atoms with Crippen LogP contribution in [-0.4, -0.2) is 16.6 Å². The molecule has 0 saturated carbocycles. The van der Waals surface area contributed by atoms with Crippen LogP contribution in [-0.2, 0) is 13.1 Å². The van der Waals surface area contributed by atoms with E-state index in [1.165, 1.54) is 6.07 Å². The molecule has 5 nitrogen and oxygen atoms in total. The molecule has 21 heavy (non-hydrogen) atoms. The van der Waals surface area contributed by atoms with Crippen LogP contribution in [0, 0.1) is 12.7 Å². The smallest absolute Gasteiger partial charge is 0.226 e. The molecule has 0 unspecified atom stereocenters. The van der Waals surface area contributed by atoms with Gasteiger partial charge in [-0.25, -0.2) is 9.37 Å². The molecule has 112 valence electrons. The van der Waals surface area contributed by atoms with Gasteiger partial charge in [-0.1, -0.05) is 12.1 Å². The summed E-state index contributed by atoms with van der Waals surface area (Å²) >= 11 is 0. The van der Waals surface area contributed by atoms with Crippen LogP contribution < -0.4 is 15.8 Å². The second-order valence-corrected chi connectivity index (χ2v) is 4.59. The third-order valence-electron chi connectivity index (χ3n) is 2.91. The molecule has 0 amide bonds. The number of hydrogen-bond donors (Lipinski definition) is 2. The van der Waals surface area contributed by atoms with Gasteiger partial charge in [-0.05, 0) is 25.5 Å². The van der Waals surface area contributed by atoms with Crippen molar-refractivity contribution in [1.29, 1.82) is 0 Å². The number of aromatic nitrogens is 2. The molecule has 3 N–H and O–H groups in total. The van der Waals surface area contributed by atoms with Gasteiger partial charge in [0.05, 0.1) is 6.61 Å². The summed E-state index contributed by atoms with van der Waals surface area (Å²) in [6, 6.07) is 6.72. The first kappa shape index (κ1) is 15.2. The van der Waals surface area contributed by atoms with E-state index in [4.69, 9.17) is 10.5 Å². The molecule has 1 heterocycles. The summed E-state index contributed by atoms with van der Waals surface area (Å²) in [4.78, 5) is 8.46. The van der Waals surface area contributed by atoms with Crippen LogP contribution >= 0.6 is 0 Å². The van der Waals surface area contributed by atoms with Crippen molar-refractivity contribution in [3.05, 3.63) is 46.9 Å². The van der Waals surface area contributed by atoms with Gasteiger partial charge in [0.2, 0.25) is 11.8 Å². The molecule has 0 saturated heterocycles. The highest BCUT2D eigenvalue weighted by Gasteiger charge is 2.06. The van der Waals surface area contributed by atoms with Crippen molar-refractivity contribution in [2.75, 3.05) is 11.9 Å². The van der Waals surface area contributed by atoms with E-state index >= 15 is 0 Å². The van der Waals surface area contributed by atoms with Crippen LogP contribution in [0.3, 0.4) is 0 Å². The lowest BCUT2D eigenvalue weighted by Gasteiger charge is -2.09. The second-order valence-electron chi connectivity index (χ2n) is 4.59. The molecular formula is C15H19FN4O. The van der Waals surface area contributed by atoms with Crippen LogP contribution in [0.25, 0.3) is 0 Å². The summed E-state index contributed by atoms with van der Waals surface area (Å²) in [6.45, 7) is 4.89. The quantitative estimate of drug-likeness (QED) is 0.854. The number of aryl methyl sites for hydroxylation is 1. The lowest BCUT2D eigenvalue weighted by atomic mass is 10.1. The first-order valence-electron chi connectivity index (χ1n) is 6.82. The molecule has 2 aromatic rings. The predicted octanol–water partition coefficient (Wildman–Crippen LogP) is 2.39. The Morgan fingerprint density at radius 1 is 1.29 bits per heavy atom. The van der Waals surface area contributed by atoms with Crippen molar-refractivity contribution in [1.82, 2.24) is 9.97 Å². The number of rotatable bonds is 6. The highest BCUT2D eigenvalue weighted by atomic mass is 19.1. The Balaban J connectivity index is 2.09. The SMILES string of the molecule is CCOc1cc(C)nc(NCc2ccc(CN)cc2F)n1. The van der Waals surface area contributed by atoms with E-state index in [9.17, 15) is 4.39 Å². The van der Waals surface area contributed by atoms with E-state index in [1.807, 2.05) is 19.9 Å². The lowest BCUT2D eigenvalue weighted by molar-refractivity contribution is 0.326. The maximum absolute atomic E-state index is 13.9. The number of hydrogen-bond acceptors (Lipinski definition) is 5. The van der Waals surface area contributed by atoms with Gasteiger partial charge in [-0.3, -0.25) is 0 Å². The monoisotopic (exact) mass is 290 g/mol. The summed E-state index contributed by atoms with van der Waals surface area (Å²) in [5.74, 6) is 0.635.